The van der Waals surface area contributed by atoms with Gasteiger partial charge in [0.05, 0.1) is 0 Å². The highest BCUT2D eigenvalue weighted by Gasteiger charge is 2.10. The molecule has 0 aliphatic heterocycles. The molecule has 4 nitrogen and oxygen atoms in total. The van der Waals surface area contributed by atoms with Gasteiger partial charge < -0.3 is 10.2 Å². The largest absolute Gasteiger partial charge is 0.342 e. The number of nitrogens with one attached hydrogen (secondary N) is 1. The first-order chi connectivity index (χ1) is 9.52. The fraction of sp³-hybridized carbons (Fsp3) is 0.467. The number of amides is 2. The van der Waals surface area contributed by atoms with Gasteiger partial charge >= 0.3 is 0 Å². The van der Waals surface area contributed by atoms with Crippen molar-refractivity contribution in [3.05, 3.63) is 30.1 Å². The summed E-state index contributed by atoms with van der Waals surface area (Å²) >= 11 is 0. The third kappa shape index (κ3) is 5.82. The van der Waals surface area contributed by atoms with Gasteiger partial charge in [-0.05, 0) is 24.6 Å². The third-order valence-electron chi connectivity index (χ3n) is 2.94. The second kappa shape index (κ2) is 8.30. The first-order valence-corrected chi connectivity index (χ1v) is 6.84. The number of hydrogen-bond donors (Lipinski definition) is 1. The van der Waals surface area contributed by atoms with Crippen LogP contribution >= 0.6 is 0 Å². The van der Waals surface area contributed by atoms with Gasteiger partial charge in [-0.1, -0.05) is 19.4 Å². The Morgan fingerprint density at radius 1 is 1.30 bits per heavy atom. The molecular weight excluding hydrogens is 259 g/mol. The zero-order valence-electron chi connectivity index (χ0n) is 12.0. The molecule has 0 saturated carbocycles. The summed E-state index contributed by atoms with van der Waals surface area (Å²) in [5.74, 6) is -0.647. The lowest BCUT2D eigenvalue weighted by Gasteiger charge is -2.20. The molecule has 0 saturated heterocycles. The van der Waals surface area contributed by atoms with Gasteiger partial charge in [0.2, 0.25) is 11.8 Å². The van der Waals surface area contributed by atoms with Gasteiger partial charge in [0.1, 0.15) is 5.82 Å². The molecule has 0 unspecified atom stereocenters. The number of carbonyl (C=O) groups is 2. The summed E-state index contributed by atoms with van der Waals surface area (Å²) in [6.07, 6.45) is 2.13. The molecule has 1 aromatic carbocycles. The minimum Gasteiger partial charge on any atom is -0.342 e. The Bertz CT molecular complexity index is 463. The van der Waals surface area contributed by atoms with Gasteiger partial charge in [-0.2, -0.15) is 0 Å². The van der Waals surface area contributed by atoms with Crippen molar-refractivity contribution in [1.29, 1.82) is 0 Å². The van der Waals surface area contributed by atoms with Crippen molar-refractivity contribution in [2.75, 3.05) is 18.4 Å². The fourth-order valence-electron chi connectivity index (χ4n) is 1.80. The molecule has 0 aliphatic carbocycles. The molecule has 0 aromatic heterocycles. The molecule has 0 spiro atoms. The van der Waals surface area contributed by atoms with Gasteiger partial charge in [-0.3, -0.25) is 9.59 Å². The van der Waals surface area contributed by atoms with Crippen molar-refractivity contribution in [2.24, 2.45) is 0 Å². The topological polar surface area (TPSA) is 49.4 Å². The lowest BCUT2D eigenvalue weighted by Crippen LogP contribution is -2.32. The van der Waals surface area contributed by atoms with Crippen molar-refractivity contribution in [3.8, 4) is 0 Å². The lowest BCUT2D eigenvalue weighted by atomic mass is 10.2. The van der Waals surface area contributed by atoms with E-state index in [-0.39, 0.29) is 18.2 Å². The average Bonchev–Trinajstić information content (AvgIpc) is 2.38. The Hall–Kier alpha value is -1.91. The smallest absolute Gasteiger partial charge is 0.226 e. The van der Waals surface area contributed by atoms with E-state index >= 15 is 0 Å². The van der Waals surface area contributed by atoms with Crippen LogP contribution in [0.1, 0.15) is 33.1 Å². The maximum absolute atomic E-state index is 13.0. The van der Waals surface area contributed by atoms with Crippen LogP contribution in [0, 0.1) is 5.82 Å². The summed E-state index contributed by atoms with van der Waals surface area (Å²) in [6, 6.07) is 5.74. The van der Waals surface area contributed by atoms with Gasteiger partial charge in [0, 0.05) is 32.1 Å². The zero-order chi connectivity index (χ0) is 15.0. The van der Waals surface area contributed by atoms with E-state index < -0.39 is 5.82 Å². The molecule has 0 fully saturated rings. The number of benzene rings is 1. The summed E-state index contributed by atoms with van der Waals surface area (Å²) in [6.45, 7) is 4.60. The van der Waals surface area contributed by atoms with Crippen LogP contribution in [0.3, 0.4) is 0 Å². The van der Waals surface area contributed by atoms with E-state index in [9.17, 15) is 14.0 Å². The summed E-state index contributed by atoms with van der Waals surface area (Å²) in [5.41, 5.74) is 0.429. The molecule has 0 atom stereocenters. The molecule has 20 heavy (non-hydrogen) atoms. The Kier molecular flexibility index (Phi) is 6.70. The summed E-state index contributed by atoms with van der Waals surface area (Å²) in [7, 11) is 0. The van der Waals surface area contributed by atoms with E-state index in [1.165, 1.54) is 25.1 Å². The number of rotatable bonds is 7. The predicted octanol–water partition coefficient (Wildman–Crippen LogP) is 2.80. The van der Waals surface area contributed by atoms with Crippen LogP contribution in [0.2, 0.25) is 0 Å². The highest BCUT2D eigenvalue weighted by Crippen LogP contribution is 2.09. The average molecular weight is 280 g/mol. The Balaban J connectivity index is 2.43. The molecule has 2 amide bonds. The van der Waals surface area contributed by atoms with Crippen LogP contribution in [-0.4, -0.2) is 29.8 Å². The van der Waals surface area contributed by atoms with Gasteiger partial charge in [0.25, 0.3) is 0 Å². The molecule has 1 aromatic rings. The summed E-state index contributed by atoms with van der Waals surface area (Å²) in [5, 5.41) is 2.62. The predicted molar refractivity (Wildman–Crippen MR) is 76.8 cm³/mol. The normalized spacial score (nSPS) is 10.2. The SMILES string of the molecule is CCCCN(CCC(=O)Nc1cccc(F)c1)C(C)=O. The number of nitrogens with zero attached hydrogens (tertiary/aromatic N) is 1. The van der Waals surface area contributed by atoms with Gasteiger partial charge in [0.15, 0.2) is 0 Å². The molecule has 0 heterocycles. The van der Waals surface area contributed by atoms with Crippen LogP contribution in [0.5, 0.6) is 0 Å². The second-order valence-electron chi connectivity index (χ2n) is 4.67. The van der Waals surface area contributed by atoms with Crippen LogP contribution in [0.4, 0.5) is 10.1 Å². The molecular formula is C15H21FN2O2. The van der Waals surface area contributed by atoms with Crippen LogP contribution in [0.25, 0.3) is 0 Å². The maximum atomic E-state index is 13.0. The summed E-state index contributed by atoms with van der Waals surface area (Å²) < 4.78 is 13.0. The highest BCUT2D eigenvalue weighted by atomic mass is 19.1. The number of carbonyl (C=O) groups excluding carboxylic acids is 2. The Labute approximate surface area is 119 Å². The van der Waals surface area contributed by atoms with Crippen molar-refractivity contribution < 1.29 is 14.0 Å². The molecule has 110 valence electrons. The number of unbranched alkanes of at least 4 members (excludes halogenated alkanes) is 1. The van der Waals surface area contributed by atoms with E-state index in [1.54, 1.807) is 11.0 Å². The van der Waals surface area contributed by atoms with Crippen molar-refractivity contribution in [3.63, 3.8) is 0 Å². The summed E-state index contributed by atoms with van der Waals surface area (Å²) in [4.78, 5) is 24.8. The number of hydrogen-bond acceptors (Lipinski definition) is 2. The molecule has 0 bridgehead atoms. The Morgan fingerprint density at radius 3 is 2.65 bits per heavy atom. The minimum atomic E-state index is -0.392. The van der Waals surface area contributed by atoms with E-state index in [0.29, 0.717) is 18.8 Å². The van der Waals surface area contributed by atoms with E-state index in [4.69, 9.17) is 0 Å². The highest BCUT2D eigenvalue weighted by molar-refractivity contribution is 5.91. The van der Waals surface area contributed by atoms with Crippen molar-refractivity contribution in [1.82, 2.24) is 4.90 Å². The van der Waals surface area contributed by atoms with Crippen molar-refractivity contribution >= 4 is 17.5 Å². The molecule has 1 rings (SSSR count). The standard InChI is InChI=1S/C15H21FN2O2/c1-3-4-9-18(12(2)19)10-8-15(20)17-14-7-5-6-13(16)11-14/h5-7,11H,3-4,8-10H2,1-2H3,(H,17,20). The zero-order valence-corrected chi connectivity index (χ0v) is 12.0. The molecule has 5 heteroatoms. The fourth-order valence-corrected chi connectivity index (χ4v) is 1.80. The van der Waals surface area contributed by atoms with Gasteiger partial charge in [-0.25, -0.2) is 4.39 Å². The van der Waals surface area contributed by atoms with Crippen LogP contribution < -0.4 is 5.32 Å². The number of halogens is 1. The maximum Gasteiger partial charge on any atom is 0.226 e. The van der Waals surface area contributed by atoms with Crippen LogP contribution in [-0.2, 0) is 9.59 Å². The minimum absolute atomic E-state index is 0.0306. The Morgan fingerprint density at radius 2 is 2.05 bits per heavy atom. The van der Waals surface area contributed by atoms with E-state index in [1.807, 2.05) is 0 Å². The number of anilines is 1. The van der Waals surface area contributed by atoms with Gasteiger partial charge in [-0.15, -0.1) is 0 Å². The molecule has 0 radical (unpaired) electrons. The first-order valence-electron chi connectivity index (χ1n) is 6.84. The molecule has 1 N–H and O–H groups in total. The van der Waals surface area contributed by atoms with E-state index in [0.717, 1.165) is 12.8 Å². The lowest BCUT2D eigenvalue weighted by molar-refractivity contribution is -0.129. The van der Waals surface area contributed by atoms with Crippen molar-refractivity contribution in [2.45, 2.75) is 33.1 Å². The van der Waals surface area contributed by atoms with Crippen LogP contribution in [0.15, 0.2) is 24.3 Å². The third-order valence-corrected chi connectivity index (χ3v) is 2.94. The molecule has 0 aliphatic rings. The first kappa shape index (κ1) is 16.1. The monoisotopic (exact) mass is 280 g/mol. The van der Waals surface area contributed by atoms with E-state index in [2.05, 4.69) is 12.2 Å². The quantitative estimate of drug-likeness (QED) is 0.835. The second-order valence-corrected chi connectivity index (χ2v) is 4.67.